The van der Waals surface area contributed by atoms with E-state index in [-0.39, 0.29) is 13.1 Å². The average molecular weight is 384 g/mol. The van der Waals surface area contributed by atoms with Gasteiger partial charge in [0, 0.05) is 26.2 Å². The fourth-order valence-electron chi connectivity index (χ4n) is 3.15. The molecule has 0 radical (unpaired) electrons. The third kappa shape index (κ3) is 7.13. The van der Waals surface area contributed by atoms with Crippen LogP contribution in [0.4, 0.5) is 0 Å². The summed E-state index contributed by atoms with van der Waals surface area (Å²) >= 11 is 0. The maximum absolute atomic E-state index is 11.1. The van der Waals surface area contributed by atoms with Crippen molar-refractivity contribution in [3.05, 3.63) is 70.8 Å². The number of hydrogen-bond donors (Lipinski definition) is 2. The van der Waals surface area contributed by atoms with Gasteiger partial charge in [0.05, 0.1) is 13.1 Å². The second kappa shape index (κ2) is 10.6. The molecule has 0 aliphatic rings. The average Bonchev–Trinajstić information content (AvgIpc) is 2.62. The summed E-state index contributed by atoms with van der Waals surface area (Å²) in [5, 5.41) is 18.1. The molecule has 0 fully saturated rings. The Morgan fingerprint density at radius 1 is 0.714 bits per heavy atom. The number of carboxylic acid groups (broad SMARTS) is 2. The predicted molar refractivity (Wildman–Crippen MR) is 108 cm³/mol. The highest BCUT2D eigenvalue weighted by Crippen LogP contribution is 2.15. The summed E-state index contributed by atoms with van der Waals surface area (Å²) in [7, 11) is 0. The normalized spacial score (nSPS) is 11.1. The second-order valence-electron chi connectivity index (χ2n) is 7.06. The molecule has 0 aliphatic carbocycles. The van der Waals surface area contributed by atoms with Gasteiger partial charge in [0.2, 0.25) is 0 Å². The van der Waals surface area contributed by atoms with E-state index in [2.05, 4.69) is 43.0 Å². The number of aryl methyl sites for hydroxylation is 2. The second-order valence-corrected chi connectivity index (χ2v) is 7.06. The van der Waals surface area contributed by atoms with Crippen molar-refractivity contribution in [2.24, 2.45) is 0 Å². The van der Waals surface area contributed by atoms with Gasteiger partial charge in [-0.05, 0) is 36.1 Å². The van der Waals surface area contributed by atoms with E-state index in [1.807, 2.05) is 24.3 Å². The standard InChI is InChI=1S/C22H28N2O4/c1-17-7-3-5-9-19(17)13-23(14-20-10-6-4-8-18(20)2)11-12-24(15-21(25)26)16-22(27)28/h3-10H,11-16H2,1-2H3,(H,25,26)(H,27,28). The van der Waals surface area contributed by atoms with Crippen molar-refractivity contribution in [2.45, 2.75) is 26.9 Å². The summed E-state index contributed by atoms with van der Waals surface area (Å²) in [6.45, 7) is 5.96. The van der Waals surface area contributed by atoms with Crippen molar-refractivity contribution in [3.8, 4) is 0 Å². The first-order valence-electron chi connectivity index (χ1n) is 9.32. The number of hydrogen-bond acceptors (Lipinski definition) is 4. The summed E-state index contributed by atoms with van der Waals surface area (Å²) in [6.07, 6.45) is 0. The fourth-order valence-corrected chi connectivity index (χ4v) is 3.15. The summed E-state index contributed by atoms with van der Waals surface area (Å²) in [6, 6.07) is 16.4. The van der Waals surface area contributed by atoms with Gasteiger partial charge in [-0.15, -0.1) is 0 Å². The van der Waals surface area contributed by atoms with Crippen molar-refractivity contribution in [2.75, 3.05) is 26.2 Å². The first-order chi connectivity index (χ1) is 13.3. The van der Waals surface area contributed by atoms with E-state index >= 15 is 0 Å². The number of benzene rings is 2. The zero-order valence-electron chi connectivity index (χ0n) is 16.5. The molecule has 0 amide bonds. The molecule has 28 heavy (non-hydrogen) atoms. The van der Waals surface area contributed by atoms with E-state index in [0.29, 0.717) is 13.1 Å². The summed E-state index contributed by atoms with van der Waals surface area (Å²) in [5.74, 6) is -2.05. The molecule has 0 bridgehead atoms. The Labute approximate surface area is 166 Å². The van der Waals surface area contributed by atoms with Gasteiger partial charge in [-0.1, -0.05) is 48.5 Å². The summed E-state index contributed by atoms with van der Waals surface area (Å²) in [4.78, 5) is 25.8. The zero-order valence-corrected chi connectivity index (χ0v) is 16.5. The molecule has 2 rings (SSSR count). The van der Waals surface area contributed by atoms with Crippen LogP contribution in [0.3, 0.4) is 0 Å². The first kappa shape index (κ1) is 21.6. The maximum Gasteiger partial charge on any atom is 0.317 e. The lowest BCUT2D eigenvalue weighted by molar-refractivity contribution is -0.141. The fraction of sp³-hybridized carbons (Fsp3) is 0.364. The highest BCUT2D eigenvalue weighted by atomic mass is 16.4. The van der Waals surface area contributed by atoms with E-state index in [9.17, 15) is 9.59 Å². The predicted octanol–water partition coefficient (Wildman–Crippen LogP) is 2.78. The topological polar surface area (TPSA) is 81.1 Å². The van der Waals surface area contributed by atoms with Gasteiger partial charge in [-0.2, -0.15) is 0 Å². The molecule has 6 nitrogen and oxygen atoms in total. The molecule has 2 N–H and O–H groups in total. The van der Waals surface area contributed by atoms with Crippen LogP contribution in [0.1, 0.15) is 22.3 Å². The van der Waals surface area contributed by atoms with Crippen LogP contribution >= 0.6 is 0 Å². The van der Waals surface area contributed by atoms with E-state index in [1.165, 1.54) is 27.2 Å². The van der Waals surface area contributed by atoms with E-state index in [4.69, 9.17) is 10.2 Å². The maximum atomic E-state index is 11.1. The van der Waals surface area contributed by atoms with Crippen LogP contribution in [0.15, 0.2) is 48.5 Å². The Morgan fingerprint density at radius 3 is 1.50 bits per heavy atom. The number of carbonyl (C=O) groups is 2. The van der Waals surface area contributed by atoms with Gasteiger partial charge < -0.3 is 10.2 Å². The summed E-state index contributed by atoms with van der Waals surface area (Å²) in [5.41, 5.74) is 4.81. The van der Waals surface area contributed by atoms with Gasteiger partial charge in [0.15, 0.2) is 0 Å². The minimum Gasteiger partial charge on any atom is -0.480 e. The van der Waals surface area contributed by atoms with Crippen molar-refractivity contribution >= 4 is 11.9 Å². The largest absolute Gasteiger partial charge is 0.480 e. The van der Waals surface area contributed by atoms with Gasteiger partial charge >= 0.3 is 11.9 Å². The van der Waals surface area contributed by atoms with Crippen molar-refractivity contribution in [3.63, 3.8) is 0 Å². The minimum atomic E-state index is -1.02. The monoisotopic (exact) mass is 384 g/mol. The molecule has 0 saturated heterocycles. The molecule has 0 unspecified atom stereocenters. The molecule has 150 valence electrons. The zero-order chi connectivity index (χ0) is 20.5. The van der Waals surface area contributed by atoms with Gasteiger partial charge in [-0.3, -0.25) is 19.4 Å². The number of carboxylic acids is 2. The summed E-state index contributed by atoms with van der Waals surface area (Å²) < 4.78 is 0. The smallest absolute Gasteiger partial charge is 0.317 e. The van der Waals surface area contributed by atoms with Crippen LogP contribution in [0, 0.1) is 13.8 Å². The van der Waals surface area contributed by atoms with Crippen molar-refractivity contribution in [1.29, 1.82) is 0 Å². The Kier molecular flexibility index (Phi) is 8.17. The molecule has 0 aromatic heterocycles. The highest BCUT2D eigenvalue weighted by molar-refractivity contribution is 5.72. The number of nitrogens with zero attached hydrogens (tertiary/aromatic N) is 2. The van der Waals surface area contributed by atoms with E-state index in [0.717, 1.165) is 13.1 Å². The third-order valence-corrected chi connectivity index (χ3v) is 4.76. The molecular weight excluding hydrogens is 356 g/mol. The van der Waals surface area contributed by atoms with Gasteiger partial charge in [0.25, 0.3) is 0 Å². The lowest BCUT2D eigenvalue weighted by atomic mass is 10.1. The van der Waals surface area contributed by atoms with Crippen LogP contribution in [0.25, 0.3) is 0 Å². The minimum absolute atomic E-state index is 0.283. The van der Waals surface area contributed by atoms with Crippen molar-refractivity contribution in [1.82, 2.24) is 9.80 Å². The third-order valence-electron chi connectivity index (χ3n) is 4.76. The van der Waals surface area contributed by atoms with E-state index < -0.39 is 11.9 Å². The Morgan fingerprint density at radius 2 is 1.11 bits per heavy atom. The molecule has 2 aromatic carbocycles. The van der Waals surface area contributed by atoms with Crippen LogP contribution < -0.4 is 0 Å². The van der Waals surface area contributed by atoms with Gasteiger partial charge in [0.1, 0.15) is 0 Å². The van der Waals surface area contributed by atoms with Crippen LogP contribution in [-0.2, 0) is 22.7 Å². The molecule has 6 heteroatoms. The van der Waals surface area contributed by atoms with Crippen molar-refractivity contribution < 1.29 is 19.8 Å². The number of aliphatic carboxylic acids is 2. The van der Waals surface area contributed by atoms with E-state index in [1.54, 1.807) is 0 Å². The number of rotatable bonds is 11. The lowest BCUT2D eigenvalue weighted by Gasteiger charge is -2.27. The molecule has 0 heterocycles. The Hall–Kier alpha value is -2.70. The Bertz CT molecular complexity index is 743. The molecule has 0 spiro atoms. The molecular formula is C22H28N2O4. The molecule has 0 atom stereocenters. The van der Waals surface area contributed by atoms with Crippen LogP contribution in [0.2, 0.25) is 0 Å². The molecule has 0 saturated carbocycles. The van der Waals surface area contributed by atoms with Gasteiger partial charge in [-0.25, -0.2) is 0 Å². The highest BCUT2D eigenvalue weighted by Gasteiger charge is 2.16. The first-order valence-corrected chi connectivity index (χ1v) is 9.32. The SMILES string of the molecule is Cc1ccccc1CN(CCN(CC(=O)O)CC(=O)O)Cc1ccccc1C. The van der Waals surface area contributed by atoms with Crippen LogP contribution in [0.5, 0.6) is 0 Å². The quantitative estimate of drug-likeness (QED) is 0.620. The lowest BCUT2D eigenvalue weighted by Crippen LogP contribution is -2.40. The molecule has 0 aliphatic heterocycles. The van der Waals surface area contributed by atoms with Crippen LogP contribution in [-0.4, -0.2) is 58.1 Å². The Balaban J connectivity index is 2.14. The molecule has 2 aromatic rings.